The quantitative estimate of drug-likeness (QED) is 0.426. The molecule has 0 radical (unpaired) electrons. The van der Waals surface area contributed by atoms with Crippen molar-refractivity contribution in [2.75, 3.05) is 5.12 Å². The second kappa shape index (κ2) is 4.05. The summed E-state index contributed by atoms with van der Waals surface area (Å²) in [6.45, 7) is 5.91. The predicted molar refractivity (Wildman–Crippen MR) is 56.7 cm³/mol. The summed E-state index contributed by atoms with van der Waals surface area (Å²) in [7, 11) is 0. The Balaban J connectivity index is 3.01. The van der Waals surface area contributed by atoms with Gasteiger partial charge in [-0.15, -0.1) is 0 Å². The lowest BCUT2D eigenvalue weighted by Crippen LogP contribution is -2.25. The maximum Gasteiger partial charge on any atom is 0.0805 e. The van der Waals surface area contributed by atoms with Gasteiger partial charge in [0.1, 0.15) is 0 Å². The van der Waals surface area contributed by atoms with Crippen LogP contribution in [0, 0.1) is 13.8 Å². The summed E-state index contributed by atoms with van der Waals surface area (Å²) in [5.74, 6) is 5.69. The average Bonchev–Trinajstić information content (AvgIpc) is 2.04. The Morgan fingerprint density at radius 2 is 2.08 bits per heavy atom. The first-order chi connectivity index (χ1) is 6.15. The van der Waals surface area contributed by atoms with Gasteiger partial charge in [-0.25, -0.2) is 5.84 Å². The molecule has 1 rings (SSSR count). The van der Waals surface area contributed by atoms with Crippen LogP contribution in [0.4, 0.5) is 5.69 Å². The fourth-order valence-corrected chi connectivity index (χ4v) is 1.25. The van der Waals surface area contributed by atoms with E-state index < -0.39 is 0 Å². The van der Waals surface area contributed by atoms with Crippen LogP contribution < -0.4 is 11.0 Å². The van der Waals surface area contributed by atoms with Gasteiger partial charge in [-0.3, -0.25) is 0 Å². The van der Waals surface area contributed by atoms with Crippen LogP contribution in [0.5, 0.6) is 0 Å². The summed E-state index contributed by atoms with van der Waals surface area (Å²) < 4.78 is 0. The minimum Gasteiger partial charge on any atom is -0.226 e. The summed E-state index contributed by atoms with van der Waals surface area (Å²) in [5, 5.41) is 5.36. The fraction of sp³-hybridized carbons (Fsp3) is 0.300. The molecule has 1 aromatic carbocycles. The molecule has 0 aliphatic heterocycles. The summed E-state index contributed by atoms with van der Waals surface area (Å²) in [6.07, 6.45) is 1.67. The Bertz CT molecular complexity index is 318. The summed E-state index contributed by atoms with van der Waals surface area (Å²) in [6, 6.07) is 6.07. The molecule has 0 atom stereocenters. The van der Waals surface area contributed by atoms with Crippen LogP contribution >= 0.6 is 0 Å². The predicted octanol–water partition coefficient (Wildman–Crippen LogP) is 1.99. The highest BCUT2D eigenvalue weighted by Crippen LogP contribution is 2.18. The number of hydrazine groups is 1. The summed E-state index contributed by atoms with van der Waals surface area (Å²) >= 11 is 0. The number of benzene rings is 1. The fourth-order valence-electron chi connectivity index (χ4n) is 1.25. The summed E-state index contributed by atoms with van der Waals surface area (Å²) in [5.41, 5.74) is 3.30. The third-order valence-corrected chi connectivity index (χ3v) is 1.84. The van der Waals surface area contributed by atoms with Crippen LogP contribution in [-0.4, -0.2) is 6.21 Å². The van der Waals surface area contributed by atoms with Gasteiger partial charge in [-0.1, -0.05) is 17.7 Å². The van der Waals surface area contributed by atoms with Crippen LogP contribution in [0.3, 0.4) is 0 Å². The molecule has 0 saturated heterocycles. The standard InChI is InChI=1S/C10H15N3/c1-4-12-13(11)10-6-5-8(2)7-9(10)3/h4-7H,11H2,1-3H3/b12-4-. The molecule has 13 heavy (non-hydrogen) atoms. The molecule has 0 aliphatic rings. The number of hydrazone groups is 1. The molecular formula is C10H15N3. The number of rotatable bonds is 2. The monoisotopic (exact) mass is 177 g/mol. The van der Waals surface area contributed by atoms with Gasteiger partial charge in [0.15, 0.2) is 0 Å². The van der Waals surface area contributed by atoms with E-state index in [1.54, 1.807) is 6.21 Å². The van der Waals surface area contributed by atoms with E-state index >= 15 is 0 Å². The van der Waals surface area contributed by atoms with Crippen molar-refractivity contribution < 1.29 is 0 Å². The molecular weight excluding hydrogens is 162 g/mol. The zero-order valence-corrected chi connectivity index (χ0v) is 8.28. The van der Waals surface area contributed by atoms with E-state index in [9.17, 15) is 0 Å². The zero-order chi connectivity index (χ0) is 9.84. The smallest absolute Gasteiger partial charge is 0.0805 e. The molecule has 0 aliphatic carbocycles. The largest absolute Gasteiger partial charge is 0.226 e. The number of hydrogen-bond acceptors (Lipinski definition) is 3. The first kappa shape index (κ1) is 9.74. The highest BCUT2D eigenvalue weighted by Gasteiger charge is 2.02. The SMILES string of the molecule is C/C=N\N(N)c1ccc(C)cc1C. The molecule has 0 unspecified atom stereocenters. The number of anilines is 1. The van der Waals surface area contributed by atoms with Gasteiger partial charge in [0.05, 0.1) is 5.69 Å². The lowest BCUT2D eigenvalue weighted by Gasteiger charge is -2.14. The maximum absolute atomic E-state index is 5.69. The van der Waals surface area contributed by atoms with Gasteiger partial charge in [0.2, 0.25) is 0 Å². The number of hydrogen-bond donors (Lipinski definition) is 1. The Morgan fingerprint density at radius 1 is 1.38 bits per heavy atom. The van der Waals surface area contributed by atoms with Crippen LogP contribution in [0.2, 0.25) is 0 Å². The average molecular weight is 177 g/mol. The second-order valence-electron chi connectivity index (χ2n) is 3.01. The molecule has 0 fully saturated rings. The molecule has 0 amide bonds. The minimum absolute atomic E-state index is 0.934. The van der Waals surface area contributed by atoms with Crippen LogP contribution in [0.1, 0.15) is 18.1 Å². The van der Waals surface area contributed by atoms with Crippen molar-refractivity contribution in [2.45, 2.75) is 20.8 Å². The van der Waals surface area contributed by atoms with Crippen molar-refractivity contribution in [1.82, 2.24) is 0 Å². The molecule has 0 spiro atoms. The molecule has 0 bridgehead atoms. The first-order valence-corrected chi connectivity index (χ1v) is 4.26. The second-order valence-corrected chi connectivity index (χ2v) is 3.01. The van der Waals surface area contributed by atoms with Crippen molar-refractivity contribution >= 4 is 11.9 Å². The van der Waals surface area contributed by atoms with Crippen molar-refractivity contribution in [1.29, 1.82) is 0 Å². The number of aryl methyl sites for hydroxylation is 2. The number of nitrogens with two attached hydrogens (primary N) is 1. The van der Waals surface area contributed by atoms with Gasteiger partial charge in [0, 0.05) is 6.21 Å². The van der Waals surface area contributed by atoms with Gasteiger partial charge in [0.25, 0.3) is 0 Å². The Hall–Kier alpha value is -1.35. The molecule has 2 N–H and O–H groups in total. The highest BCUT2D eigenvalue weighted by molar-refractivity contribution is 5.59. The van der Waals surface area contributed by atoms with E-state index in [1.807, 2.05) is 26.0 Å². The van der Waals surface area contributed by atoms with Crippen molar-refractivity contribution in [3.8, 4) is 0 Å². The third kappa shape index (κ3) is 2.29. The molecule has 0 heterocycles. The lowest BCUT2D eigenvalue weighted by molar-refractivity contribution is 0.922. The normalized spacial score (nSPS) is 10.8. The lowest BCUT2D eigenvalue weighted by atomic mass is 10.1. The Kier molecular flexibility index (Phi) is 3.03. The minimum atomic E-state index is 0.934. The zero-order valence-electron chi connectivity index (χ0n) is 8.28. The topological polar surface area (TPSA) is 41.6 Å². The Labute approximate surface area is 78.8 Å². The highest BCUT2D eigenvalue weighted by atomic mass is 15.6. The van der Waals surface area contributed by atoms with Gasteiger partial charge >= 0.3 is 0 Å². The van der Waals surface area contributed by atoms with Crippen LogP contribution in [0.15, 0.2) is 23.3 Å². The third-order valence-electron chi connectivity index (χ3n) is 1.84. The van der Waals surface area contributed by atoms with Crippen molar-refractivity contribution in [3.05, 3.63) is 29.3 Å². The van der Waals surface area contributed by atoms with Crippen LogP contribution in [-0.2, 0) is 0 Å². The van der Waals surface area contributed by atoms with E-state index in [0.29, 0.717) is 0 Å². The van der Waals surface area contributed by atoms with E-state index in [-0.39, 0.29) is 0 Å². The van der Waals surface area contributed by atoms with Crippen LogP contribution in [0.25, 0.3) is 0 Å². The molecule has 70 valence electrons. The van der Waals surface area contributed by atoms with E-state index in [2.05, 4.69) is 18.1 Å². The first-order valence-electron chi connectivity index (χ1n) is 4.26. The molecule has 1 aromatic rings. The summed E-state index contributed by atoms with van der Waals surface area (Å²) in [4.78, 5) is 0. The molecule has 3 nitrogen and oxygen atoms in total. The van der Waals surface area contributed by atoms with Gasteiger partial charge in [-0.2, -0.15) is 10.2 Å². The van der Waals surface area contributed by atoms with Crippen molar-refractivity contribution in [3.63, 3.8) is 0 Å². The molecule has 0 saturated carbocycles. The van der Waals surface area contributed by atoms with E-state index in [0.717, 1.165) is 11.3 Å². The Morgan fingerprint density at radius 3 is 2.62 bits per heavy atom. The van der Waals surface area contributed by atoms with Crippen molar-refractivity contribution in [2.24, 2.45) is 10.9 Å². The van der Waals surface area contributed by atoms with E-state index in [4.69, 9.17) is 5.84 Å². The number of nitrogens with zero attached hydrogens (tertiary/aromatic N) is 2. The van der Waals surface area contributed by atoms with Gasteiger partial charge in [-0.05, 0) is 32.4 Å². The van der Waals surface area contributed by atoms with Gasteiger partial charge < -0.3 is 0 Å². The van der Waals surface area contributed by atoms with E-state index in [1.165, 1.54) is 10.7 Å². The molecule has 3 heteroatoms. The molecule has 0 aromatic heterocycles. The maximum atomic E-state index is 5.69.